The smallest absolute Gasteiger partial charge is 0.199 e. The molecule has 1 aromatic carbocycles. The van der Waals surface area contributed by atoms with E-state index in [2.05, 4.69) is 9.97 Å². The van der Waals surface area contributed by atoms with Gasteiger partial charge in [0.25, 0.3) is 0 Å². The first-order valence-corrected chi connectivity index (χ1v) is 5.34. The van der Waals surface area contributed by atoms with E-state index in [1.54, 1.807) is 0 Å². The number of aromatic amines is 2. The first-order chi connectivity index (χ1) is 7.68. The number of nitrogens with one attached hydrogen (secondary N) is 2. The summed E-state index contributed by atoms with van der Waals surface area (Å²) in [5.41, 5.74) is 2.58. The quantitative estimate of drug-likeness (QED) is 0.615. The molecule has 3 aromatic rings. The molecule has 2 heterocycles. The fourth-order valence-corrected chi connectivity index (χ4v) is 2.23. The summed E-state index contributed by atoms with van der Waals surface area (Å²) in [6.45, 7) is 1.98. The minimum absolute atomic E-state index is 0.151. The van der Waals surface area contributed by atoms with Crippen LogP contribution >= 0.6 is 11.6 Å². The third kappa shape index (κ3) is 1.12. The van der Waals surface area contributed by atoms with Crippen LogP contribution in [-0.4, -0.2) is 9.97 Å². The van der Waals surface area contributed by atoms with Crippen LogP contribution < -0.4 is 5.43 Å². The summed E-state index contributed by atoms with van der Waals surface area (Å²) in [4.78, 5) is 17.7. The van der Waals surface area contributed by atoms with Crippen molar-refractivity contribution in [1.29, 1.82) is 0 Å². The summed E-state index contributed by atoms with van der Waals surface area (Å²) >= 11 is 6.00. The molecule has 0 saturated heterocycles. The average molecular weight is 233 g/mol. The van der Waals surface area contributed by atoms with Gasteiger partial charge >= 0.3 is 0 Å². The van der Waals surface area contributed by atoms with E-state index in [0.29, 0.717) is 5.52 Å². The Bertz CT molecular complexity index is 755. The van der Waals surface area contributed by atoms with Gasteiger partial charge in [-0.05, 0) is 25.1 Å². The Kier molecular flexibility index (Phi) is 1.85. The first kappa shape index (κ1) is 9.48. The molecule has 0 aliphatic carbocycles. The van der Waals surface area contributed by atoms with Gasteiger partial charge in [-0.25, -0.2) is 0 Å². The van der Waals surface area contributed by atoms with Gasteiger partial charge in [-0.15, -0.1) is 0 Å². The molecule has 0 amide bonds. The third-order valence-electron chi connectivity index (χ3n) is 2.84. The van der Waals surface area contributed by atoms with Crippen molar-refractivity contribution in [3.63, 3.8) is 0 Å². The highest BCUT2D eigenvalue weighted by Gasteiger charge is 2.10. The van der Waals surface area contributed by atoms with Crippen LogP contribution in [0.15, 0.2) is 29.2 Å². The van der Waals surface area contributed by atoms with Gasteiger partial charge in [0.15, 0.2) is 5.43 Å². The number of rotatable bonds is 0. The summed E-state index contributed by atoms with van der Waals surface area (Å²) in [5, 5.41) is 2.32. The van der Waals surface area contributed by atoms with Crippen LogP contribution in [-0.2, 0) is 0 Å². The monoisotopic (exact) mass is 232 g/mol. The average Bonchev–Trinajstić information content (AvgIpc) is 2.65. The number of pyridine rings is 1. The van der Waals surface area contributed by atoms with Gasteiger partial charge in [-0.1, -0.05) is 11.6 Å². The molecular formula is C12H9ClN2O. The Morgan fingerprint density at radius 3 is 2.69 bits per heavy atom. The zero-order valence-corrected chi connectivity index (χ0v) is 9.35. The van der Waals surface area contributed by atoms with Crippen molar-refractivity contribution < 1.29 is 0 Å². The molecule has 16 heavy (non-hydrogen) atoms. The second kappa shape index (κ2) is 3.12. The Morgan fingerprint density at radius 2 is 1.88 bits per heavy atom. The van der Waals surface area contributed by atoms with Crippen molar-refractivity contribution in [1.82, 2.24) is 9.97 Å². The highest BCUT2D eigenvalue weighted by Crippen LogP contribution is 2.28. The van der Waals surface area contributed by atoms with Crippen LogP contribution in [0.2, 0.25) is 5.02 Å². The van der Waals surface area contributed by atoms with Gasteiger partial charge in [0, 0.05) is 22.7 Å². The van der Waals surface area contributed by atoms with E-state index in [1.807, 2.05) is 25.3 Å². The number of aromatic nitrogens is 2. The maximum absolute atomic E-state index is 11.4. The van der Waals surface area contributed by atoms with Crippen molar-refractivity contribution in [2.24, 2.45) is 0 Å². The maximum Gasteiger partial charge on any atom is 0.199 e. The maximum atomic E-state index is 11.4. The van der Waals surface area contributed by atoms with E-state index in [9.17, 15) is 4.79 Å². The number of hydrogen-bond acceptors (Lipinski definition) is 1. The second-order valence-electron chi connectivity index (χ2n) is 3.82. The Hall–Kier alpha value is -1.74. The molecule has 0 saturated carbocycles. The standard InChI is InChI=1S/C12H9ClN2O/c1-6-11-8(4-5-14-6)7-2-3-9(16)10(13)12(7)15-11/h2-5,14-15H,1H3. The van der Waals surface area contributed by atoms with Crippen LogP contribution in [0, 0.1) is 6.92 Å². The fourth-order valence-electron chi connectivity index (χ4n) is 2.02. The number of H-pyrrole nitrogens is 2. The van der Waals surface area contributed by atoms with Gasteiger partial charge < -0.3 is 9.97 Å². The normalized spacial score (nSPS) is 11.4. The lowest BCUT2D eigenvalue weighted by atomic mass is 10.2. The summed E-state index contributed by atoms with van der Waals surface area (Å²) in [6, 6.07) is 5.29. The molecule has 80 valence electrons. The highest BCUT2D eigenvalue weighted by atomic mass is 35.5. The summed E-state index contributed by atoms with van der Waals surface area (Å²) in [5.74, 6) is 0. The Morgan fingerprint density at radius 1 is 1.12 bits per heavy atom. The third-order valence-corrected chi connectivity index (χ3v) is 3.22. The number of aryl methyl sites for hydroxylation is 1. The second-order valence-corrected chi connectivity index (χ2v) is 4.19. The fraction of sp³-hybridized carbons (Fsp3) is 0.0833. The van der Waals surface area contributed by atoms with Crippen LogP contribution in [0.5, 0.6) is 0 Å². The van der Waals surface area contributed by atoms with Crippen molar-refractivity contribution in [3.8, 4) is 0 Å². The molecule has 0 aliphatic heterocycles. The molecule has 2 aromatic heterocycles. The summed E-state index contributed by atoms with van der Waals surface area (Å²) < 4.78 is 0. The van der Waals surface area contributed by atoms with Crippen LogP contribution in [0.25, 0.3) is 21.8 Å². The van der Waals surface area contributed by atoms with Gasteiger partial charge in [-0.3, -0.25) is 4.79 Å². The largest absolute Gasteiger partial charge is 0.364 e. The number of benzene rings is 1. The Labute approximate surface area is 96.1 Å². The molecule has 0 aliphatic rings. The van der Waals surface area contributed by atoms with Crippen molar-refractivity contribution in [2.45, 2.75) is 6.92 Å². The molecule has 0 spiro atoms. The van der Waals surface area contributed by atoms with Gasteiger partial charge in [0.1, 0.15) is 5.02 Å². The molecule has 2 N–H and O–H groups in total. The summed E-state index contributed by atoms with van der Waals surface area (Å²) in [7, 11) is 0. The number of hydrogen-bond donors (Lipinski definition) is 2. The van der Waals surface area contributed by atoms with Gasteiger partial charge in [0.2, 0.25) is 0 Å². The topological polar surface area (TPSA) is 48.6 Å². The van der Waals surface area contributed by atoms with E-state index < -0.39 is 0 Å². The number of fused-ring (bicyclic) bond motifs is 3. The van der Waals surface area contributed by atoms with Gasteiger partial charge in [-0.2, -0.15) is 0 Å². The van der Waals surface area contributed by atoms with Crippen molar-refractivity contribution in [2.75, 3.05) is 0 Å². The Balaban J connectivity index is 2.66. The van der Waals surface area contributed by atoms with E-state index in [1.165, 1.54) is 6.07 Å². The molecule has 0 bridgehead atoms. The van der Waals surface area contributed by atoms with E-state index in [0.717, 1.165) is 22.0 Å². The molecule has 0 radical (unpaired) electrons. The zero-order chi connectivity index (χ0) is 11.3. The van der Waals surface area contributed by atoms with E-state index in [-0.39, 0.29) is 10.5 Å². The van der Waals surface area contributed by atoms with Crippen LogP contribution in [0.1, 0.15) is 5.69 Å². The molecule has 0 unspecified atom stereocenters. The lowest BCUT2D eigenvalue weighted by molar-refractivity contribution is 1.22. The lowest BCUT2D eigenvalue weighted by Crippen LogP contribution is -1.97. The summed E-state index contributed by atoms with van der Waals surface area (Å²) in [6.07, 6.45) is 1.88. The van der Waals surface area contributed by atoms with Crippen LogP contribution in [0.3, 0.4) is 0 Å². The number of halogens is 1. The molecule has 3 nitrogen and oxygen atoms in total. The zero-order valence-electron chi connectivity index (χ0n) is 8.60. The predicted molar refractivity (Wildman–Crippen MR) is 66.2 cm³/mol. The minimum atomic E-state index is -0.151. The van der Waals surface area contributed by atoms with Crippen molar-refractivity contribution >= 4 is 33.4 Å². The van der Waals surface area contributed by atoms with Crippen LogP contribution in [0.4, 0.5) is 0 Å². The van der Waals surface area contributed by atoms with Gasteiger partial charge in [0.05, 0.1) is 11.0 Å². The predicted octanol–water partition coefficient (Wildman–Crippen LogP) is 2.97. The lowest BCUT2D eigenvalue weighted by Gasteiger charge is -1.94. The minimum Gasteiger partial charge on any atom is -0.364 e. The van der Waals surface area contributed by atoms with Crippen molar-refractivity contribution in [3.05, 3.63) is 45.3 Å². The SMILES string of the molecule is Cc1[nH]ccc2c1[nH]c1c(Cl)c(=O)ccc12. The van der Waals surface area contributed by atoms with E-state index in [4.69, 9.17) is 11.6 Å². The molecule has 3 rings (SSSR count). The highest BCUT2D eigenvalue weighted by molar-refractivity contribution is 6.36. The van der Waals surface area contributed by atoms with E-state index >= 15 is 0 Å². The molecule has 0 fully saturated rings. The molecule has 0 atom stereocenters. The molecule has 4 heteroatoms. The first-order valence-electron chi connectivity index (χ1n) is 4.96. The molecular weight excluding hydrogens is 224 g/mol.